The van der Waals surface area contributed by atoms with E-state index in [9.17, 15) is 13.6 Å². The van der Waals surface area contributed by atoms with Crippen LogP contribution < -0.4 is 4.74 Å². The van der Waals surface area contributed by atoms with E-state index < -0.39 is 17.9 Å². The van der Waals surface area contributed by atoms with E-state index in [1.165, 1.54) is 49.3 Å². The minimum Gasteiger partial charge on any atom is -0.455 e. The van der Waals surface area contributed by atoms with E-state index in [0.29, 0.717) is 30.9 Å². The van der Waals surface area contributed by atoms with Gasteiger partial charge in [-0.15, -0.1) is 0 Å². The molecule has 4 rings (SSSR count). The molecule has 316 valence electrons. The first-order chi connectivity index (χ1) is 28.5. The van der Waals surface area contributed by atoms with Crippen LogP contribution in [0.5, 0.6) is 5.75 Å². The molecule has 0 aliphatic rings. The molecule has 7 heteroatoms. The number of hydrogen-bond acceptors (Lipinski definition) is 5. The number of esters is 1. The van der Waals surface area contributed by atoms with Gasteiger partial charge in [-0.25, -0.2) is 8.78 Å². The Balaban J connectivity index is 1.30. The second-order valence-corrected chi connectivity index (χ2v) is 15.6. The minimum atomic E-state index is -0.884. The van der Waals surface area contributed by atoms with E-state index in [1.54, 1.807) is 30.3 Å². The highest BCUT2D eigenvalue weighted by Crippen LogP contribution is 2.28. The van der Waals surface area contributed by atoms with Crippen LogP contribution in [-0.2, 0) is 32.2 Å². The Kier molecular flexibility index (Phi) is 23.5. The van der Waals surface area contributed by atoms with E-state index in [-0.39, 0.29) is 17.5 Å². The largest absolute Gasteiger partial charge is 0.455 e. The van der Waals surface area contributed by atoms with Crippen molar-refractivity contribution in [3.05, 3.63) is 126 Å². The molecule has 0 aliphatic heterocycles. The van der Waals surface area contributed by atoms with Crippen molar-refractivity contribution in [3.63, 3.8) is 0 Å². The lowest BCUT2D eigenvalue weighted by molar-refractivity contribution is -0.170. The van der Waals surface area contributed by atoms with E-state index in [0.717, 1.165) is 103 Å². The first-order valence-corrected chi connectivity index (χ1v) is 22.2. The molecule has 0 aromatic heterocycles. The van der Waals surface area contributed by atoms with Gasteiger partial charge in [0.15, 0.2) is 11.6 Å². The highest BCUT2D eigenvalue weighted by molar-refractivity contribution is 5.72. The summed E-state index contributed by atoms with van der Waals surface area (Å²) in [6.07, 6.45) is 18.9. The molecule has 0 spiro atoms. The Labute approximate surface area is 347 Å². The molecule has 1 atom stereocenters. The number of benzene rings is 4. The first kappa shape index (κ1) is 46.6. The van der Waals surface area contributed by atoms with Gasteiger partial charge in [0.2, 0.25) is 6.29 Å². The quantitative estimate of drug-likeness (QED) is 0.0280. The fraction of sp³-hybridized carbons (Fsp3) is 0.510. The Morgan fingerprint density at radius 2 is 1.03 bits per heavy atom. The molecule has 0 saturated heterocycles. The Morgan fingerprint density at radius 3 is 1.59 bits per heavy atom. The third-order valence-corrected chi connectivity index (χ3v) is 10.7. The SMILES string of the molecule is CCCCCCCCCCC(OC(=O)C(CCCCCCOCc1ccccc1)CCCCCCOCc1ccccc1)Oc1ccc(-c2cccc(F)c2F)cc1. The van der Waals surface area contributed by atoms with Crippen molar-refractivity contribution in [2.24, 2.45) is 5.92 Å². The van der Waals surface area contributed by atoms with Crippen molar-refractivity contribution >= 4 is 5.97 Å². The lowest BCUT2D eigenvalue weighted by atomic mass is 9.94. The van der Waals surface area contributed by atoms with Crippen molar-refractivity contribution in [2.45, 2.75) is 148 Å². The zero-order valence-electron chi connectivity index (χ0n) is 35.0. The third-order valence-electron chi connectivity index (χ3n) is 10.7. The zero-order valence-corrected chi connectivity index (χ0v) is 35.0. The minimum absolute atomic E-state index is 0.190. The van der Waals surface area contributed by atoms with Gasteiger partial charge in [0.05, 0.1) is 19.1 Å². The highest BCUT2D eigenvalue weighted by atomic mass is 19.2. The van der Waals surface area contributed by atoms with Crippen LogP contribution in [0.3, 0.4) is 0 Å². The summed E-state index contributed by atoms with van der Waals surface area (Å²) in [5, 5.41) is 0. The number of ether oxygens (including phenoxy) is 4. The van der Waals surface area contributed by atoms with Crippen LogP contribution in [0, 0.1) is 17.6 Å². The maximum atomic E-state index is 14.5. The molecule has 0 amide bonds. The van der Waals surface area contributed by atoms with Crippen LogP contribution in [0.15, 0.2) is 103 Å². The summed E-state index contributed by atoms with van der Waals surface area (Å²) >= 11 is 0. The monoisotopic (exact) mass is 799 g/mol. The fourth-order valence-corrected chi connectivity index (χ4v) is 7.21. The molecule has 4 aromatic rings. The topological polar surface area (TPSA) is 54.0 Å². The number of halogens is 2. The van der Waals surface area contributed by atoms with Gasteiger partial charge in [-0.2, -0.15) is 0 Å². The number of carbonyl (C=O) groups excluding carboxylic acids is 1. The maximum absolute atomic E-state index is 14.5. The van der Waals surface area contributed by atoms with Gasteiger partial charge in [-0.3, -0.25) is 4.79 Å². The second kappa shape index (κ2) is 29.2. The van der Waals surface area contributed by atoms with Crippen LogP contribution in [0.2, 0.25) is 0 Å². The second-order valence-electron chi connectivity index (χ2n) is 15.6. The summed E-state index contributed by atoms with van der Waals surface area (Å²) in [4.78, 5) is 13.9. The third kappa shape index (κ3) is 19.1. The standard InChI is InChI=1S/C51H68F2O5/c1-2-3-4-5-6-7-8-21-33-49(57-46-36-34-44(35-37-46)47-31-24-32-48(52)50(47)53)58-51(54)45(29-19-9-11-22-38-55-40-42-25-15-13-16-26-42)30-20-10-12-23-39-56-41-43-27-17-14-18-28-43/h13-18,24-28,31-32,34-37,45,49H,2-12,19-23,29-30,33,38-41H2,1H3. The van der Waals surface area contributed by atoms with E-state index >= 15 is 0 Å². The first-order valence-electron chi connectivity index (χ1n) is 22.2. The summed E-state index contributed by atoms with van der Waals surface area (Å²) in [6.45, 7) is 4.95. The van der Waals surface area contributed by atoms with Crippen molar-refractivity contribution < 1.29 is 32.5 Å². The van der Waals surface area contributed by atoms with Crippen LogP contribution in [0.4, 0.5) is 8.78 Å². The molecule has 0 radical (unpaired) electrons. The van der Waals surface area contributed by atoms with Crippen molar-refractivity contribution in [2.75, 3.05) is 13.2 Å². The molecule has 58 heavy (non-hydrogen) atoms. The predicted molar refractivity (Wildman–Crippen MR) is 231 cm³/mol. The lowest BCUT2D eigenvalue weighted by Crippen LogP contribution is -2.28. The smallest absolute Gasteiger partial charge is 0.312 e. The molecule has 4 aromatic carbocycles. The van der Waals surface area contributed by atoms with Gasteiger partial charge < -0.3 is 18.9 Å². The molecular formula is C51H68F2O5. The lowest BCUT2D eigenvalue weighted by Gasteiger charge is -2.23. The Hall–Kier alpha value is -4.07. The van der Waals surface area contributed by atoms with Gasteiger partial charge >= 0.3 is 5.97 Å². The van der Waals surface area contributed by atoms with E-state index in [1.807, 2.05) is 36.4 Å². The van der Waals surface area contributed by atoms with Crippen LogP contribution in [-0.4, -0.2) is 25.5 Å². The summed E-state index contributed by atoms with van der Waals surface area (Å²) < 4.78 is 52.7. The number of unbranched alkanes of at least 4 members (excludes halogenated alkanes) is 13. The molecule has 5 nitrogen and oxygen atoms in total. The summed E-state index contributed by atoms with van der Waals surface area (Å²) in [5.41, 5.74) is 3.11. The molecule has 0 bridgehead atoms. The van der Waals surface area contributed by atoms with Crippen LogP contribution >= 0.6 is 0 Å². The van der Waals surface area contributed by atoms with Gasteiger partial charge in [-0.05, 0) is 67.0 Å². The van der Waals surface area contributed by atoms with Gasteiger partial charge in [0.1, 0.15) is 5.75 Å². The Morgan fingerprint density at radius 1 is 0.534 bits per heavy atom. The van der Waals surface area contributed by atoms with Crippen LogP contribution in [0.25, 0.3) is 11.1 Å². The average Bonchev–Trinajstić information content (AvgIpc) is 3.24. The molecule has 0 fully saturated rings. The summed E-state index contributed by atoms with van der Waals surface area (Å²) in [5.74, 6) is -1.63. The van der Waals surface area contributed by atoms with E-state index in [4.69, 9.17) is 18.9 Å². The van der Waals surface area contributed by atoms with Gasteiger partial charge in [0, 0.05) is 25.2 Å². The zero-order chi connectivity index (χ0) is 40.9. The molecular weight excluding hydrogens is 731 g/mol. The average molecular weight is 799 g/mol. The highest BCUT2D eigenvalue weighted by Gasteiger charge is 2.24. The number of hydrogen-bond donors (Lipinski definition) is 0. The predicted octanol–water partition coefficient (Wildman–Crippen LogP) is 14.4. The number of carbonyl (C=O) groups is 1. The number of rotatable bonds is 32. The van der Waals surface area contributed by atoms with Crippen molar-refractivity contribution in [1.29, 1.82) is 0 Å². The fourth-order valence-electron chi connectivity index (χ4n) is 7.21. The Bertz CT molecular complexity index is 1580. The van der Waals surface area contributed by atoms with Crippen molar-refractivity contribution in [3.8, 4) is 16.9 Å². The molecule has 0 saturated carbocycles. The van der Waals surface area contributed by atoms with Crippen LogP contribution in [0.1, 0.15) is 140 Å². The van der Waals surface area contributed by atoms with E-state index in [2.05, 4.69) is 31.2 Å². The van der Waals surface area contributed by atoms with Gasteiger partial charge in [-0.1, -0.05) is 175 Å². The van der Waals surface area contributed by atoms with Crippen molar-refractivity contribution in [1.82, 2.24) is 0 Å². The summed E-state index contributed by atoms with van der Waals surface area (Å²) in [6, 6.07) is 31.5. The normalized spacial score (nSPS) is 11.9. The maximum Gasteiger partial charge on any atom is 0.312 e. The molecule has 0 N–H and O–H groups in total. The molecule has 0 aliphatic carbocycles. The molecule has 1 unspecified atom stereocenters. The summed E-state index contributed by atoms with van der Waals surface area (Å²) in [7, 11) is 0. The van der Waals surface area contributed by atoms with Gasteiger partial charge in [0.25, 0.3) is 0 Å². The molecule has 0 heterocycles.